The lowest BCUT2D eigenvalue weighted by atomic mass is 10.2. The highest BCUT2D eigenvalue weighted by Gasteiger charge is 2.37. The average Bonchev–Trinajstić information content (AvgIpc) is 3.09. The Bertz CT molecular complexity index is 851. The lowest BCUT2D eigenvalue weighted by molar-refractivity contribution is -0.137. The van der Waals surface area contributed by atoms with Crippen LogP contribution in [0.5, 0.6) is 0 Å². The van der Waals surface area contributed by atoms with Crippen LogP contribution in [-0.2, 0) is 17.5 Å². The molecule has 27 heavy (non-hydrogen) atoms. The lowest BCUT2D eigenvalue weighted by Crippen LogP contribution is -2.54. The van der Waals surface area contributed by atoms with Crippen molar-refractivity contribution in [3.63, 3.8) is 0 Å². The van der Waals surface area contributed by atoms with Crippen molar-refractivity contribution in [2.24, 2.45) is 0 Å². The quantitative estimate of drug-likeness (QED) is 0.695. The van der Waals surface area contributed by atoms with Gasteiger partial charge in [-0.3, -0.25) is 4.79 Å². The van der Waals surface area contributed by atoms with Gasteiger partial charge in [0.05, 0.1) is 0 Å². The molecule has 2 aromatic rings. The van der Waals surface area contributed by atoms with E-state index < -0.39 is 11.2 Å². The van der Waals surface area contributed by atoms with Crippen molar-refractivity contribution in [3.8, 4) is 0 Å². The van der Waals surface area contributed by atoms with E-state index in [0.29, 0.717) is 47.6 Å². The smallest absolute Gasteiger partial charge is 0.357 e. The maximum Gasteiger partial charge on any atom is 0.443 e. The van der Waals surface area contributed by atoms with Crippen molar-refractivity contribution in [3.05, 3.63) is 21.3 Å². The van der Waals surface area contributed by atoms with E-state index in [2.05, 4.69) is 31.0 Å². The second-order valence-electron chi connectivity index (χ2n) is 6.36. The topological polar surface area (TPSA) is 67.2 Å². The number of halogens is 4. The molecule has 0 N–H and O–H groups in total. The largest absolute Gasteiger partial charge is 0.443 e. The van der Waals surface area contributed by atoms with Gasteiger partial charge in [-0.05, 0) is 36.7 Å². The van der Waals surface area contributed by atoms with Gasteiger partial charge in [0.15, 0.2) is 0 Å². The van der Waals surface area contributed by atoms with E-state index in [9.17, 15) is 18.0 Å². The minimum Gasteiger partial charge on any atom is -0.357 e. The monoisotopic (exact) mass is 466 g/mol. The highest BCUT2D eigenvalue weighted by molar-refractivity contribution is 9.10. The molecule has 7 nitrogen and oxygen atoms in total. The molecule has 1 aliphatic rings. The van der Waals surface area contributed by atoms with Crippen LogP contribution in [0.4, 0.5) is 18.2 Å². The molecule has 0 saturated carbocycles. The van der Waals surface area contributed by atoms with E-state index in [0.717, 1.165) is 0 Å². The molecular formula is C15H18BrF3N6OS. The standard InChI is InChI=1S/C15H18BrF3N6OS/c1-8-6-23(13-12(16)21-14(27-13)15(17,18)19)4-5-24(8)11(26)7-25-10(3)20-9(2)22-25/h8H,4-7H2,1-3H3/t8-/m0/s1. The van der Waals surface area contributed by atoms with Crippen LogP contribution >= 0.6 is 27.3 Å². The highest BCUT2D eigenvalue weighted by atomic mass is 79.9. The Hall–Kier alpha value is -1.69. The van der Waals surface area contributed by atoms with E-state index in [1.807, 2.05) is 11.8 Å². The average molecular weight is 467 g/mol. The first-order valence-corrected chi connectivity index (χ1v) is 9.83. The maximum absolute atomic E-state index is 12.9. The SMILES string of the molecule is Cc1nc(C)n(CC(=O)N2CCN(c3sc(C(F)(F)F)nc3Br)C[C@@H]2C)n1. The minimum atomic E-state index is -4.47. The van der Waals surface area contributed by atoms with Gasteiger partial charge in [-0.2, -0.15) is 18.3 Å². The van der Waals surface area contributed by atoms with E-state index >= 15 is 0 Å². The third-order valence-corrected chi connectivity index (χ3v) is 6.27. The van der Waals surface area contributed by atoms with Crippen molar-refractivity contribution in [1.29, 1.82) is 0 Å². The number of thiazole rings is 1. The normalized spacial score (nSPS) is 18.3. The van der Waals surface area contributed by atoms with Gasteiger partial charge in [-0.15, -0.1) is 0 Å². The second kappa shape index (κ2) is 7.38. The number of aryl methyl sites for hydroxylation is 2. The number of piperazine rings is 1. The summed E-state index contributed by atoms with van der Waals surface area (Å²) in [7, 11) is 0. The van der Waals surface area contributed by atoms with E-state index in [1.165, 1.54) is 0 Å². The molecular weight excluding hydrogens is 449 g/mol. The Morgan fingerprint density at radius 3 is 2.52 bits per heavy atom. The van der Waals surface area contributed by atoms with Crippen LogP contribution in [0, 0.1) is 13.8 Å². The summed E-state index contributed by atoms with van der Waals surface area (Å²) in [6, 6.07) is -0.153. The molecule has 1 aliphatic heterocycles. The summed E-state index contributed by atoms with van der Waals surface area (Å²) in [4.78, 5) is 24.0. The molecule has 0 aromatic carbocycles. The van der Waals surface area contributed by atoms with E-state index in [1.54, 1.807) is 23.4 Å². The predicted octanol–water partition coefficient (Wildman–Crippen LogP) is 2.87. The molecule has 0 spiro atoms. The minimum absolute atomic E-state index is 0.0884. The van der Waals surface area contributed by atoms with Crippen LogP contribution in [0.15, 0.2) is 4.60 Å². The molecule has 12 heteroatoms. The first kappa shape index (κ1) is 20.1. The van der Waals surface area contributed by atoms with Gasteiger partial charge in [-0.25, -0.2) is 14.6 Å². The molecule has 0 bridgehead atoms. The molecule has 2 aromatic heterocycles. The zero-order valence-electron chi connectivity index (χ0n) is 14.9. The summed E-state index contributed by atoms with van der Waals surface area (Å²) in [6.07, 6.45) is -4.47. The number of nitrogens with zero attached hydrogens (tertiary/aromatic N) is 6. The second-order valence-corrected chi connectivity index (χ2v) is 8.09. The van der Waals surface area contributed by atoms with Crippen molar-refractivity contribution in [2.45, 2.75) is 39.5 Å². The molecule has 1 amide bonds. The Labute approximate surface area is 166 Å². The molecule has 1 fully saturated rings. The zero-order chi connectivity index (χ0) is 19.9. The number of hydrogen-bond donors (Lipinski definition) is 0. The van der Waals surface area contributed by atoms with Gasteiger partial charge in [0.1, 0.15) is 27.8 Å². The lowest BCUT2D eigenvalue weighted by Gasteiger charge is -2.40. The molecule has 0 radical (unpaired) electrons. The Morgan fingerprint density at radius 2 is 2.00 bits per heavy atom. The van der Waals surface area contributed by atoms with Crippen LogP contribution in [-0.4, -0.2) is 56.2 Å². The van der Waals surface area contributed by atoms with Gasteiger partial charge in [0, 0.05) is 25.7 Å². The third-order valence-electron chi connectivity index (χ3n) is 4.29. The molecule has 1 atom stereocenters. The predicted molar refractivity (Wildman–Crippen MR) is 97.7 cm³/mol. The van der Waals surface area contributed by atoms with Crippen molar-refractivity contribution >= 4 is 38.2 Å². The van der Waals surface area contributed by atoms with E-state index in [-0.39, 0.29) is 23.1 Å². The maximum atomic E-state index is 12.9. The Kier molecular flexibility index (Phi) is 5.48. The number of alkyl halides is 3. The molecule has 3 rings (SSSR count). The number of carbonyl (C=O) groups excluding carboxylic acids is 1. The zero-order valence-corrected chi connectivity index (χ0v) is 17.3. The molecule has 148 valence electrons. The summed E-state index contributed by atoms with van der Waals surface area (Å²) >= 11 is 3.73. The highest BCUT2D eigenvalue weighted by Crippen LogP contribution is 2.41. The first-order chi connectivity index (χ1) is 12.6. The number of carbonyl (C=O) groups is 1. The molecule has 3 heterocycles. The van der Waals surface area contributed by atoms with E-state index in [4.69, 9.17) is 0 Å². The molecule has 1 saturated heterocycles. The van der Waals surface area contributed by atoms with Crippen LogP contribution in [0.2, 0.25) is 0 Å². The fourth-order valence-corrected chi connectivity index (χ4v) is 4.70. The van der Waals surface area contributed by atoms with Gasteiger partial charge in [0.25, 0.3) is 0 Å². The van der Waals surface area contributed by atoms with Gasteiger partial charge < -0.3 is 9.80 Å². The molecule has 0 aliphatic carbocycles. The fraction of sp³-hybridized carbons (Fsp3) is 0.600. The summed E-state index contributed by atoms with van der Waals surface area (Å²) in [5, 5.41) is 3.75. The Balaban J connectivity index is 1.68. The first-order valence-electron chi connectivity index (χ1n) is 8.22. The third kappa shape index (κ3) is 4.26. The fourth-order valence-electron chi connectivity index (χ4n) is 3.05. The number of amides is 1. The van der Waals surface area contributed by atoms with Crippen LogP contribution in [0.3, 0.4) is 0 Å². The van der Waals surface area contributed by atoms with Crippen LogP contribution in [0.25, 0.3) is 0 Å². The van der Waals surface area contributed by atoms with Crippen LogP contribution in [0.1, 0.15) is 23.6 Å². The summed E-state index contributed by atoms with van der Waals surface area (Å²) < 4.78 is 40.4. The van der Waals surface area contributed by atoms with Crippen LogP contribution < -0.4 is 4.90 Å². The van der Waals surface area contributed by atoms with Crippen molar-refractivity contribution < 1.29 is 18.0 Å². The van der Waals surface area contributed by atoms with Crippen molar-refractivity contribution in [2.75, 3.05) is 24.5 Å². The Morgan fingerprint density at radius 1 is 1.30 bits per heavy atom. The number of anilines is 1. The van der Waals surface area contributed by atoms with Gasteiger partial charge in [-0.1, -0.05) is 11.3 Å². The number of aromatic nitrogens is 4. The summed E-state index contributed by atoms with van der Waals surface area (Å²) in [5.41, 5.74) is 0. The van der Waals surface area contributed by atoms with Crippen molar-refractivity contribution in [1.82, 2.24) is 24.6 Å². The number of hydrogen-bond acceptors (Lipinski definition) is 6. The summed E-state index contributed by atoms with van der Waals surface area (Å²) in [6.45, 7) is 6.80. The van der Waals surface area contributed by atoms with Gasteiger partial charge in [0.2, 0.25) is 10.9 Å². The molecule has 0 unspecified atom stereocenters. The number of rotatable bonds is 3. The van der Waals surface area contributed by atoms with Gasteiger partial charge >= 0.3 is 6.18 Å². The summed E-state index contributed by atoms with van der Waals surface area (Å²) in [5.74, 6) is 1.18.